The topological polar surface area (TPSA) is 0 Å². The highest BCUT2D eigenvalue weighted by Gasteiger charge is 2.03. The Morgan fingerprint density at radius 1 is 1.38 bits per heavy atom. The molecule has 0 amide bonds. The molecule has 0 aromatic heterocycles. The van der Waals surface area contributed by atoms with Gasteiger partial charge in [0.25, 0.3) is 0 Å². The molecule has 48 valence electrons. The molecular formula is C7H17B. The first-order valence-electron chi connectivity index (χ1n) is 3.68. The third kappa shape index (κ3) is 3.12. The summed E-state index contributed by atoms with van der Waals surface area (Å²) in [5.74, 6) is 1.79. The van der Waals surface area contributed by atoms with Crippen molar-refractivity contribution >= 4 is 7.85 Å². The van der Waals surface area contributed by atoms with Gasteiger partial charge in [0.05, 0.1) is 0 Å². The minimum atomic E-state index is 0.870. The van der Waals surface area contributed by atoms with Crippen LogP contribution in [0.2, 0.25) is 5.82 Å². The standard InChI is InChI=1S/C7H17B/c1-4-5-6(2)7(3)8/h6-7H,4-5,8H2,1-3H3. The number of rotatable bonds is 3. The van der Waals surface area contributed by atoms with Crippen LogP contribution in [0.25, 0.3) is 0 Å². The van der Waals surface area contributed by atoms with Gasteiger partial charge in [0.1, 0.15) is 7.85 Å². The minimum absolute atomic E-state index is 0.870. The molecule has 0 nitrogen and oxygen atoms in total. The van der Waals surface area contributed by atoms with Gasteiger partial charge in [-0.15, -0.1) is 0 Å². The van der Waals surface area contributed by atoms with Crippen molar-refractivity contribution in [2.45, 2.75) is 39.4 Å². The average Bonchev–Trinajstić information content (AvgIpc) is 1.67. The van der Waals surface area contributed by atoms with Gasteiger partial charge in [-0.05, 0) is 5.92 Å². The summed E-state index contributed by atoms with van der Waals surface area (Å²) in [6.07, 6.45) is 2.72. The maximum Gasteiger partial charge on any atom is 0.105 e. The molecule has 0 N–H and O–H groups in total. The van der Waals surface area contributed by atoms with Gasteiger partial charge in [0.15, 0.2) is 0 Å². The van der Waals surface area contributed by atoms with Gasteiger partial charge < -0.3 is 0 Å². The van der Waals surface area contributed by atoms with E-state index in [4.69, 9.17) is 0 Å². The lowest BCUT2D eigenvalue weighted by Gasteiger charge is -2.12. The summed E-state index contributed by atoms with van der Waals surface area (Å²) in [7, 11) is 2.29. The fourth-order valence-electron chi connectivity index (χ4n) is 0.789. The van der Waals surface area contributed by atoms with Gasteiger partial charge in [-0.25, -0.2) is 0 Å². The van der Waals surface area contributed by atoms with Crippen LogP contribution in [0.4, 0.5) is 0 Å². The first kappa shape index (κ1) is 8.06. The molecule has 0 fully saturated rings. The highest BCUT2D eigenvalue weighted by atomic mass is 14.0. The van der Waals surface area contributed by atoms with Crippen molar-refractivity contribution in [2.24, 2.45) is 5.92 Å². The zero-order valence-electron chi connectivity index (χ0n) is 6.57. The average molecular weight is 112 g/mol. The van der Waals surface area contributed by atoms with E-state index in [1.54, 1.807) is 0 Å². The van der Waals surface area contributed by atoms with Gasteiger partial charge >= 0.3 is 0 Å². The second kappa shape index (κ2) is 4.00. The SMILES string of the molecule is BC(C)C(C)CCC. The van der Waals surface area contributed by atoms with E-state index in [0.29, 0.717) is 0 Å². The molecule has 0 aromatic carbocycles. The maximum absolute atomic E-state index is 2.33. The molecule has 0 aliphatic rings. The molecule has 0 spiro atoms. The van der Waals surface area contributed by atoms with Crippen LogP contribution in [-0.4, -0.2) is 7.85 Å². The zero-order chi connectivity index (χ0) is 6.57. The van der Waals surface area contributed by atoms with Gasteiger partial charge in [0.2, 0.25) is 0 Å². The van der Waals surface area contributed by atoms with Gasteiger partial charge in [-0.2, -0.15) is 0 Å². The lowest BCUT2D eigenvalue weighted by atomic mass is 9.77. The van der Waals surface area contributed by atoms with Crippen molar-refractivity contribution in [2.75, 3.05) is 0 Å². The zero-order valence-corrected chi connectivity index (χ0v) is 6.57. The Morgan fingerprint density at radius 3 is 2.00 bits per heavy atom. The summed E-state index contributed by atoms with van der Waals surface area (Å²) >= 11 is 0. The molecule has 0 bridgehead atoms. The molecule has 8 heavy (non-hydrogen) atoms. The monoisotopic (exact) mass is 112 g/mol. The van der Waals surface area contributed by atoms with Crippen molar-refractivity contribution in [1.82, 2.24) is 0 Å². The number of hydrogen-bond acceptors (Lipinski definition) is 0. The van der Waals surface area contributed by atoms with Gasteiger partial charge in [-0.3, -0.25) is 0 Å². The fourth-order valence-corrected chi connectivity index (χ4v) is 0.789. The Labute approximate surface area is 54.1 Å². The molecule has 2 unspecified atom stereocenters. The van der Waals surface area contributed by atoms with Crippen LogP contribution in [0, 0.1) is 5.92 Å². The van der Waals surface area contributed by atoms with Crippen molar-refractivity contribution in [1.29, 1.82) is 0 Å². The second-order valence-corrected chi connectivity index (χ2v) is 3.01. The molecule has 0 saturated heterocycles. The number of hydrogen-bond donors (Lipinski definition) is 0. The fraction of sp³-hybridized carbons (Fsp3) is 1.00. The quantitative estimate of drug-likeness (QED) is 0.489. The maximum atomic E-state index is 2.33. The summed E-state index contributed by atoms with van der Waals surface area (Å²) in [6.45, 7) is 6.87. The summed E-state index contributed by atoms with van der Waals surface area (Å²) < 4.78 is 0. The van der Waals surface area contributed by atoms with E-state index in [0.717, 1.165) is 11.7 Å². The second-order valence-electron chi connectivity index (χ2n) is 3.01. The first-order valence-corrected chi connectivity index (χ1v) is 3.68. The van der Waals surface area contributed by atoms with Crippen LogP contribution < -0.4 is 0 Å². The molecule has 0 saturated carbocycles. The van der Waals surface area contributed by atoms with Gasteiger partial charge in [-0.1, -0.05) is 39.4 Å². The molecule has 0 radical (unpaired) electrons. The summed E-state index contributed by atoms with van der Waals surface area (Å²) in [5.41, 5.74) is 0. The van der Waals surface area contributed by atoms with Crippen molar-refractivity contribution < 1.29 is 0 Å². The Kier molecular flexibility index (Phi) is 4.03. The Balaban J connectivity index is 3.17. The smallest absolute Gasteiger partial charge is 0.0700 e. The van der Waals surface area contributed by atoms with Crippen LogP contribution in [0.1, 0.15) is 33.6 Å². The van der Waals surface area contributed by atoms with Crippen LogP contribution in [0.5, 0.6) is 0 Å². The summed E-state index contributed by atoms with van der Waals surface area (Å²) in [6, 6.07) is 0. The van der Waals surface area contributed by atoms with Crippen molar-refractivity contribution in [3.63, 3.8) is 0 Å². The molecule has 0 aliphatic heterocycles. The van der Waals surface area contributed by atoms with Crippen LogP contribution in [-0.2, 0) is 0 Å². The van der Waals surface area contributed by atoms with E-state index >= 15 is 0 Å². The van der Waals surface area contributed by atoms with Crippen LogP contribution in [0.15, 0.2) is 0 Å². The Bertz CT molecular complexity index is 50.3. The summed E-state index contributed by atoms with van der Waals surface area (Å²) in [5, 5.41) is 0. The molecular weight excluding hydrogens is 94.9 g/mol. The van der Waals surface area contributed by atoms with E-state index in [2.05, 4.69) is 28.6 Å². The lowest BCUT2D eigenvalue weighted by molar-refractivity contribution is 0.509. The Hall–Kier alpha value is 0.0649. The van der Waals surface area contributed by atoms with Crippen LogP contribution >= 0.6 is 0 Å². The molecule has 2 atom stereocenters. The largest absolute Gasteiger partial charge is 0.105 e. The predicted molar refractivity (Wildman–Crippen MR) is 42.0 cm³/mol. The van der Waals surface area contributed by atoms with E-state index in [-0.39, 0.29) is 0 Å². The third-order valence-electron chi connectivity index (χ3n) is 1.88. The summed E-state index contributed by atoms with van der Waals surface area (Å²) in [4.78, 5) is 0. The molecule has 0 aromatic rings. The van der Waals surface area contributed by atoms with E-state index in [1.165, 1.54) is 12.8 Å². The molecule has 0 heterocycles. The predicted octanol–water partition coefficient (Wildman–Crippen LogP) is 1.86. The van der Waals surface area contributed by atoms with Gasteiger partial charge in [0, 0.05) is 0 Å². The van der Waals surface area contributed by atoms with Crippen molar-refractivity contribution in [3.8, 4) is 0 Å². The normalized spacial score (nSPS) is 17.9. The highest BCUT2D eigenvalue weighted by Crippen LogP contribution is 2.17. The van der Waals surface area contributed by atoms with E-state index < -0.39 is 0 Å². The molecule has 1 heteroatoms. The van der Waals surface area contributed by atoms with E-state index in [9.17, 15) is 0 Å². The molecule has 0 rings (SSSR count). The molecule has 0 aliphatic carbocycles. The van der Waals surface area contributed by atoms with Crippen LogP contribution in [0.3, 0.4) is 0 Å². The van der Waals surface area contributed by atoms with E-state index in [1.807, 2.05) is 0 Å². The Morgan fingerprint density at radius 2 is 1.88 bits per heavy atom. The third-order valence-corrected chi connectivity index (χ3v) is 1.88. The minimum Gasteiger partial charge on any atom is -0.0700 e. The highest BCUT2D eigenvalue weighted by molar-refractivity contribution is 6.11. The van der Waals surface area contributed by atoms with Crippen molar-refractivity contribution in [3.05, 3.63) is 0 Å². The first-order chi connectivity index (χ1) is 3.68. The lowest BCUT2D eigenvalue weighted by Crippen LogP contribution is -2.00.